The lowest BCUT2D eigenvalue weighted by Gasteiger charge is -2.10. The molecule has 0 aliphatic carbocycles. The Morgan fingerprint density at radius 3 is 1.43 bits per heavy atom. The highest BCUT2D eigenvalue weighted by Crippen LogP contribution is 2.41. The van der Waals surface area contributed by atoms with E-state index in [9.17, 15) is 0 Å². The van der Waals surface area contributed by atoms with Gasteiger partial charge in [-0.1, -0.05) is 158 Å². The number of aromatic nitrogens is 3. The summed E-state index contributed by atoms with van der Waals surface area (Å²) in [4.78, 5) is 15.0. The monoisotopic (exact) mass is 643 g/mol. The van der Waals surface area contributed by atoms with Gasteiger partial charge in [0, 0.05) is 36.9 Å². The molecule has 4 heteroatoms. The second-order valence-electron chi connectivity index (χ2n) is 12.1. The molecule has 0 radical (unpaired) electrons. The highest BCUT2D eigenvalue weighted by Gasteiger charge is 2.15. The Bertz CT molecular complexity index is 2580. The second-order valence-corrected chi connectivity index (χ2v) is 13.1. The van der Waals surface area contributed by atoms with Gasteiger partial charge >= 0.3 is 0 Å². The minimum atomic E-state index is 0.647. The van der Waals surface area contributed by atoms with E-state index in [2.05, 4.69) is 140 Å². The molecular formula is C45H29N3S. The van der Waals surface area contributed by atoms with Crippen LogP contribution in [0.4, 0.5) is 0 Å². The topological polar surface area (TPSA) is 38.7 Å². The lowest BCUT2D eigenvalue weighted by Crippen LogP contribution is -2.00. The Morgan fingerprint density at radius 1 is 0.306 bits per heavy atom. The molecule has 3 nitrogen and oxygen atoms in total. The van der Waals surface area contributed by atoms with Gasteiger partial charge in [-0.15, -0.1) is 11.3 Å². The first kappa shape index (κ1) is 29.0. The Kier molecular flexibility index (Phi) is 7.34. The van der Waals surface area contributed by atoms with Crippen LogP contribution in [-0.4, -0.2) is 15.0 Å². The maximum atomic E-state index is 5.03. The van der Waals surface area contributed by atoms with Crippen molar-refractivity contribution in [3.05, 3.63) is 176 Å². The van der Waals surface area contributed by atoms with Gasteiger partial charge in [-0.05, 0) is 51.6 Å². The van der Waals surface area contributed by atoms with Crippen LogP contribution in [0.5, 0.6) is 0 Å². The summed E-state index contributed by atoms with van der Waals surface area (Å²) in [6.07, 6.45) is 0. The Hall–Kier alpha value is -6.23. The van der Waals surface area contributed by atoms with E-state index < -0.39 is 0 Å². The normalized spacial score (nSPS) is 11.3. The third-order valence-electron chi connectivity index (χ3n) is 8.95. The third-order valence-corrected chi connectivity index (χ3v) is 10.2. The maximum Gasteiger partial charge on any atom is 0.164 e. The Labute approximate surface area is 288 Å². The van der Waals surface area contributed by atoms with Gasteiger partial charge in [0.15, 0.2) is 17.5 Å². The number of hydrogen-bond donors (Lipinski definition) is 0. The molecule has 2 heterocycles. The van der Waals surface area contributed by atoms with Gasteiger partial charge in [0.05, 0.1) is 0 Å². The quantitative estimate of drug-likeness (QED) is 0.181. The van der Waals surface area contributed by atoms with Crippen LogP contribution in [0.2, 0.25) is 0 Å². The van der Waals surface area contributed by atoms with Crippen molar-refractivity contribution in [1.82, 2.24) is 15.0 Å². The smallest absolute Gasteiger partial charge is 0.164 e. The van der Waals surface area contributed by atoms with Gasteiger partial charge in [0.1, 0.15) is 0 Å². The van der Waals surface area contributed by atoms with E-state index in [1.807, 2.05) is 47.7 Å². The molecule has 49 heavy (non-hydrogen) atoms. The summed E-state index contributed by atoms with van der Waals surface area (Å²) >= 11 is 1.85. The fourth-order valence-corrected chi connectivity index (χ4v) is 7.67. The number of hydrogen-bond acceptors (Lipinski definition) is 4. The Morgan fingerprint density at radius 2 is 0.776 bits per heavy atom. The molecule has 7 aromatic carbocycles. The fraction of sp³-hybridized carbons (Fsp3) is 0. The molecule has 230 valence electrons. The average Bonchev–Trinajstić information content (AvgIpc) is 3.57. The van der Waals surface area contributed by atoms with E-state index in [0.29, 0.717) is 17.5 Å². The maximum absolute atomic E-state index is 5.03. The number of thiophene rings is 1. The molecule has 0 aliphatic rings. The van der Waals surface area contributed by atoms with Crippen LogP contribution in [0, 0.1) is 0 Å². The fourth-order valence-electron chi connectivity index (χ4n) is 6.45. The zero-order valence-corrected chi connectivity index (χ0v) is 27.3. The summed E-state index contributed by atoms with van der Waals surface area (Å²) in [5.41, 5.74) is 9.99. The van der Waals surface area contributed by atoms with Crippen LogP contribution in [0.25, 0.3) is 87.7 Å². The van der Waals surface area contributed by atoms with Crippen LogP contribution >= 0.6 is 11.3 Å². The standard InChI is InChI=1S/C45H29N3S/c1-4-12-30(13-5-1)35-18-10-19-37(28-35)45-47-43(33-16-8-3-9-17-33)46-44(48-45)34-24-22-32(23-25-34)38-20-11-21-39-40-29-36(31-14-6-2-7-15-31)26-27-41(40)49-42(38)39/h1-29H. The van der Waals surface area contributed by atoms with Crippen molar-refractivity contribution in [2.75, 3.05) is 0 Å². The highest BCUT2D eigenvalue weighted by atomic mass is 32.1. The van der Waals surface area contributed by atoms with Crippen molar-refractivity contribution < 1.29 is 0 Å². The average molecular weight is 644 g/mol. The molecule has 0 unspecified atom stereocenters. The molecule has 0 saturated heterocycles. The van der Waals surface area contributed by atoms with E-state index in [-0.39, 0.29) is 0 Å². The zero-order valence-electron chi connectivity index (χ0n) is 26.5. The third kappa shape index (κ3) is 5.58. The Balaban J connectivity index is 1.11. The number of benzene rings is 7. The summed E-state index contributed by atoms with van der Waals surface area (Å²) < 4.78 is 2.59. The molecule has 0 aliphatic heterocycles. The molecule has 0 amide bonds. The number of fused-ring (bicyclic) bond motifs is 3. The van der Waals surface area contributed by atoms with Crippen LogP contribution in [-0.2, 0) is 0 Å². The second kappa shape index (κ2) is 12.4. The van der Waals surface area contributed by atoms with Crippen molar-refractivity contribution in [1.29, 1.82) is 0 Å². The SMILES string of the molecule is c1ccc(-c2cccc(-c3nc(-c4ccccc4)nc(-c4ccc(-c5cccc6c5sc5ccc(-c7ccccc7)cc56)cc4)n3)c2)cc1. The van der Waals surface area contributed by atoms with Crippen LogP contribution in [0.3, 0.4) is 0 Å². The predicted molar refractivity (Wildman–Crippen MR) is 205 cm³/mol. The minimum absolute atomic E-state index is 0.647. The molecule has 9 rings (SSSR count). The molecule has 0 bridgehead atoms. The van der Waals surface area contributed by atoms with Gasteiger partial charge in [0.2, 0.25) is 0 Å². The predicted octanol–water partition coefficient (Wildman–Crippen LogP) is 12.2. The van der Waals surface area contributed by atoms with Crippen molar-refractivity contribution in [3.63, 3.8) is 0 Å². The minimum Gasteiger partial charge on any atom is -0.208 e. The molecule has 0 fully saturated rings. The number of nitrogens with zero attached hydrogens (tertiary/aromatic N) is 3. The highest BCUT2D eigenvalue weighted by molar-refractivity contribution is 7.26. The van der Waals surface area contributed by atoms with Crippen molar-refractivity contribution in [3.8, 4) is 67.5 Å². The van der Waals surface area contributed by atoms with Crippen molar-refractivity contribution in [2.24, 2.45) is 0 Å². The van der Waals surface area contributed by atoms with Gasteiger partial charge < -0.3 is 0 Å². The first-order chi connectivity index (χ1) is 24.3. The molecule has 0 atom stereocenters. The van der Waals surface area contributed by atoms with E-state index >= 15 is 0 Å². The van der Waals surface area contributed by atoms with Crippen LogP contribution in [0.1, 0.15) is 0 Å². The lowest BCUT2D eigenvalue weighted by molar-refractivity contribution is 1.07. The summed E-state index contributed by atoms with van der Waals surface area (Å²) in [5.74, 6) is 1.95. The summed E-state index contributed by atoms with van der Waals surface area (Å²) in [6.45, 7) is 0. The van der Waals surface area contributed by atoms with Gasteiger partial charge in [-0.3, -0.25) is 0 Å². The van der Waals surface area contributed by atoms with Gasteiger partial charge in [-0.25, -0.2) is 15.0 Å². The van der Waals surface area contributed by atoms with E-state index in [4.69, 9.17) is 15.0 Å². The van der Waals surface area contributed by atoms with E-state index in [0.717, 1.165) is 33.4 Å². The molecule has 0 spiro atoms. The van der Waals surface area contributed by atoms with Gasteiger partial charge in [0.25, 0.3) is 0 Å². The van der Waals surface area contributed by atoms with Crippen molar-refractivity contribution in [2.45, 2.75) is 0 Å². The first-order valence-electron chi connectivity index (χ1n) is 16.4. The van der Waals surface area contributed by atoms with Gasteiger partial charge in [-0.2, -0.15) is 0 Å². The molecule has 9 aromatic rings. The first-order valence-corrected chi connectivity index (χ1v) is 17.2. The molecule has 0 N–H and O–H groups in total. The summed E-state index contributed by atoms with van der Waals surface area (Å²) in [7, 11) is 0. The molecule has 0 saturated carbocycles. The zero-order chi connectivity index (χ0) is 32.6. The number of rotatable bonds is 6. The van der Waals surface area contributed by atoms with E-state index in [1.54, 1.807) is 0 Å². The lowest BCUT2D eigenvalue weighted by atomic mass is 9.99. The van der Waals surface area contributed by atoms with Crippen LogP contribution < -0.4 is 0 Å². The summed E-state index contributed by atoms with van der Waals surface area (Å²) in [5, 5.41) is 2.58. The molecular weight excluding hydrogens is 615 g/mol. The largest absolute Gasteiger partial charge is 0.208 e. The molecule has 2 aromatic heterocycles. The van der Waals surface area contributed by atoms with Crippen molar-refractivity contribution >= 4 is 31.5 Å². The van der Waals surface area contributed by atoms with E-state index in [1.165, 1.54) is 36.9 Å². The summed E-state index contributed by atoms with van der Waals surface area (Å²) in [6, 6.07) is 61.6. The van der Waals surface area contributed by atoms with Crippen LogP contribution in [0.15, 0.2) is 176 Å².